The van der Waals surface area contributed by atoms with Gasteiger partial charge in [0.25, 0.3) is 0 Å². The lowest BCUT2D eigenvalue weighted by molar-refractivity contribution is -0.274. The second kappa shape index (κ2) is 6.47. The molecule has 6 heteroatoms. The molecule has 0 amide bonds. The van der Waals surface area contributed by atoms with Gasteiger partial charge in [0.2, 0.25) is 0 Å². The molecule has 0 unspecified atom stereocenters. The van der Waals surface area contributed by atoms with Crippen LogP contribution >= 0.6 is 0 Å². The molecular formula is C19H13F4NO. The summed E-state index contributed by atoms with van der Waals surface area (Å²) in [5.41, 5.74) is 2.23. The molecule has 0 N–H and O–H groups in total. The van der Waals surface area contributed by atoms with Crippen molar-refractivity contribution >= 4 is 11.3 Å². The molecule has 0 aromatic heterocycles. The Morgan fingerprint density at radius 2 is 1.60 bits per heavy atom. The molecule has 2 aromatic carbocycles. The number of hydrogen-bond donors (Lipinski definition) is 0. The minimum atomic E-state index is -4.74. The van der Waals surface area contributed by atoms with E-state index in [0.717, 1.165) is 0 Å². The molecule has 1 aliphatic rings. The van der Waals surface area contributed by atoms with E-state index in [1.54, 1.807) is 41.5 Å². The first-order valence-corrected chi connectivity index (χ1v) is 7.32. The zero-order valence-electron chi connectivity index (χ0n) is 12.9. The maximum Gasteiger partial charge on any atom is 0.573 e. The smallest absolute Gasteiger partial charge is 0.406 e. The van der Waals surface area contributed by atoms with E-state index in [2.05, 4.69) is 11.3 Å². The van der Waals surface area contributed by atoms with Crippen LogP contribution < -0.4 is 9.64 Å². The van der Waals surface area contributed by atoms with Gasteiger partial charge in [-0.05, 0) is 36.4 Å². The summed E-state index contributed by atoms with van der Waals surface area (Å²) < 4.78 is 54.5. The lowest BCUT2D eigenvalue weighted by Crippen LogP contribution is -2.18. The third-order valence-electron chi connectivity index (χ3n) is 3.57. The molecule has 0 saturated heterocycles. The Bertz CT molecular complexity index is 850. The summed E-state index contributed by atoms with van der Waals surface area (Å²) >= 11 is 0. The third-order valence-corrected chi connectivity index (χ3v) is 3.57. The molecule has 0 atom stereocenters. The van der Waals surface area contributed by atoms with Crippen molar-refractivity contribution in [1.82, 2.24) is 0 Å². The normalized spacial score (nSPS) is 14.5. The predicted molar refractivity (Wildman–Crippen MR) is 88.3 cm³/mol. The average molecular weight is 347 g/mol. The minimum absolute atomic E-state index is 0.312. The highest BCUT2D eigenvalue weighted by Gasteiger charge is 2.31. The first-order valence-electron chi connectivity index (χ1n) is 7.32. The topological polar surface area (TPSA) is 12.5 Å². The van der Waals surface area contributed by atoms with Crippen molar-refractivity contribution in [3.63, 3.8) is 0 Å². The van der Waals surface area contributed by atoms with Crippen molar-refractivity contribution in [3.05, 3.63) is 90.5 Å². The average Bonchev–Trinajstić information content (AvgIpc) is 2.55. The number of benzene rings is 2. The molecule has 3 rings (SSSR count). The third kappa shape index (κ3) is 3.91. The first kappa shape index (κ1) is 16.8. The Morgan fingerprint density at radius 1 is 0.920 bits per heavy atom. The molecule has 2 aromatic rings. The van der Waals surface area contributed by atoms with E-state index in [-0.39, 0.29) is 11.6 Å². The second-order valence-electron chi connectivity index (χ2n) is 5.30. The summed E-state index contributed by atoms with van der Waals surface area (Å²) in [6.07, 6.45) is 0.386. The molecule has 1 heterocycles. The van der Waals surface area contributed by atoms with Crippen LogP contribution in [0.15, 0.2) is 79.2 Å². The molecule has 25 heavy (non-hydrogen) atoms. The van der Waals surface area contributed by atoms with Gasteiger partial charge in [-0.2, -0.15) is 0 Å². The predicted octanol–water partition coefficient (Wildman–Crippen LogP) is 5.66. The van der Waals surface area contributed by atoms with Gasteiger partial charge in [0.15, 0.2) is 0 Å². The molecule has 0 bridgehead atoms. The van der Waals surface area contributed by atoms with Crippen LogP contribution in [0.2, 0.25) is 0 Å². The monoisotopic (exact) mass is 347 g/mol. The number of rotatable bonds is 3. The first-order chi connectivity index (χ1) is 11.8. The largest absolute Gasteiger partial charge is 0.573 e. The summed E-state index contributed by atoms with van der Waals surface area (Å²) in [6, 6.07) is 11.7. The zero-order chi connectivity index (χ0) is 18.0. The summed E-state index contributed by atoms with van der Waals surface area (Å²) in [6.45, 7) is 3.89. The van der Waals surface area contributed by atoms with Crippen LogP contribution in [-0.4, -0.2) is 6.36 Å². The van der Waals surface area contributed by atoms with Gasteiger partial charge in [-0.15, -0.1) is 13.2 Å². The van der Waals surface area contributed by atoms with Gasteiger partial charge in [-0.1, -0.05) is 30.9 Å². The molecule has 2 nitrogen and oxygen atoms in total. The van der Waals surface area contributed by atoms with E-state index < -0.39 is 6.36 Å². The Kier molecular flexibility index (Phi) is 4.35. The van der Waals surface area contributed by atoms with Crippen LogP contribution in [0, 0.1) is 5.82 Å². The SMILES string of the molecule is C=C1C=CC(c2ccccc2F)=CN1c1ccc(OC(F)(F)F)cc1. The fraction of sp³-hybridized carbons (Fsp3) is 0.0526. The van der Waals surface area contributed by atoms with Gasteiger partial charge in [0, 0.05) is 28.7 Å². The van der Waals surface area contributed by atoms with Crippen molar-refractivity contribution in [2.75, 3.05) is 4.90 Å². The molecule has 0 fully saturated rings. The Morgan fingerprint density at radius 3 is 2.24 bits per heavy atom. The number of alkyl halides is 3. The zero-order valence-corrected chi connectivity index (χ0v) is 12.9. The molecule has 0 radical (unpaired) electrons. The second-order valence-corrected chi connectivity index (χ2v) is 5.30. The van der Waals surface area contributed by atoms with Crippen LogP contribution in [-0.2, 0) is 0 Å². The van der Waals surface area contributed by atoms with E-state index in [4.69, 9.17) is 0 Å². The fourth-order valence-electron chi connectivity index (χ4n) is 2.43. The lowest BCUT2D eigenvalue weighted by atomic mass is 10.0. The van der Waals surface area contributed by atoms with Gasteiger partial charge in [-0.3, -0.25) is 0 Å². The molecule has 128 valence electrons. The van der Waals surface area contributed by atoms with Crippen LogP contribution in [0.3, 0.4) is 0 Å². The van der Waals surface area contributed by atoms with E-state index >= 15 is 0 Å². The highest BCUT2D eigenvalue weighted by molar-refractivity contribution is 5.81. The molecule has 1 aliphatic heterocycles. The fourth-order valence-corrected chi connectivity index (χ4v) is 2.43. The molecule has 0 spiro atoms. The van der Waals surface area contributed by atoms with Crippen LogP contribution in [0.4, 0.5) is 23.2 Å². The van der Waals surface area contributed by atoms with E-state index in [9.17, 15) is 17.6 Å². The highest BCUT2D eigenvalue weighted by Crippen LogP contribution is 2.31. The quantitative estimate of drug-likeness (QED) is 0.665. The standard InChI is InChI=1S/C19H13F4NO/c1-13-6-7-14(17-4-2-3-5-18(17)20)12-24(13)15-8-10-16(11-9-15)25-19(21,22)23/h2-12H,1H2. The van der Waals surface area contributed by atoms with Gasteiger partial charge in [-0.25, -0.2) is 4.39 Å². The van der Waals surface area contributed by atoms with Crippen molar-refractivity contribution < 1.29 is 22.3 Å². The number of allylic oxidation sites excluding steroid dienone is 3. The van der Waals surface area contributed by atoms with Crippen molar-refractivity contribution in [3.8, 4) is 5.75 Å². The van der Waals surface area contributed by atoms with Crippen LogP contribution in [0.5, 0.6) is 5.75 Å². The van der Waals surface area contributed by atoms with E-state index in [1.165, 1.54) is 30.3 Å². The maximum absolute atomic E-state index is 14.0. The minimum Gasteiger partial charge on any atom is -0.406 e. The summed E-state index contributed by atoms with van der Waals surface area (Å²) in [4.78, 5) is 1.67. The number of nitrogens with zero attached hydrogens (tertiary/aromatic N) is 1. The number of anilines is 1. The van der Waals surface area contributed by atoms with Gasteiger partial charge in [0.05, 0.1) is 0 Å². The Hall–Kier alpha value is -3.02. The van der Waals surface area contributed by atoms with Crippen LogP contribution in [0.25, 0.3) is 5.57 Å². The number of halogens is 4. The molecule has 0 saturated carbocycles. The van der Waals surface area contributed by atoms with Crippen molar-refractivity contribution in [2.24, 2.45) is 0 Å². The van der Waals surface area contributed by atoms with Gasteiger partial charge >= 0.3 is 6.36 Å². The van der Waals surface area contributed by atoms with Gasteiger partial charge < -0.3 is 9.64 Å². The summed E-state index contributed by atoms with van der Waals surface area (Å²) in [5.74, 6) is -0.674. The van der Waals surface area contributed by atoms with Crippen molar-refractivity contribution in [1.29, 1.82) is 0 Å². The highest BCUT2D eigenvalue weighted by atomic mass is 19.4. The summed E-state index contributed by atoms with van der Waals surface area (Å²) in [7, 11) is 0. The van der Waals surface area contributed by atoms with Gasteiger partial charge in [0.1, 0.15) is 11.6 Å². The van der Waals surface area contributed by atoms with E-state index in [1.807, 2.05) is 0 Å². The molecular weight excluding hydrogens is 334 g/mol. The van der Waals surface area contributed by atoms with Crippen molar-refractivity contribution in [2.45, 2.75) is 6.36 Å². The molecule has 0 aliphatic carbocycles. The van der Waals surface area contributed by atoms with Crippen LogP contribution in [0.1, 0.15) is 5.56 Å². The number of ether oxygens (including phenoxy) is 1. The Balaban J connectivity index is 1.89. The maximum atomic E-state index is 14.0. The Labute approximate surface area is 142 Å². The lowest BCUT2D eigenvalue weighted by Gasteiger charge is -2.25. The number of hydrogen-bond acceptors (Lipinski definition) is 2. The van der Waals surface area contributed by atoms with E-state index in [0.29, 0.717) is 22.5 Å². The summed E-state index contributed by atoms with van der Waals surface area (Å²) in [5, 5.41) is 0.